The number of nitrogens with zero attached hydrogens (tertiary/aromatic N) is 1. The molecular formula is C8H14N2O3. The van der Waals surface area contributed by atoms with E-state index >= 15 is 0 Å². The van der Waals surface area contributed by atoms with E-state index in [1.807, 2.05) is 6.92 Å². The zero-order valence-corrected chi connectivity index (χ0v) is 7.53. The molecule has 3 N–H and O–H groups in total. The lowest BCUT2D eigenvalue weighted by Gasteiger charge is -2.17. The molecule has 74 valence electrons. The molecule has 0 aliphatic carbocycles. The minimum Gasteiger partial charge on any atom is -0.465 e. The van der Waals surface area contributed by atoms with Crippen LogP contribution < -0.4 is 5.32 Å². The number of rotatable bonds is 5. The van der Waals surface area contributed by atoms with Gasteiger partial charge in [0.1, 0.15) is 0 Å². The molecule has 0 aliphatic rings. The van der Waals surface area contributed by atoms with Gasteiger partial charge in [-0.05, 0) is 6.42 Å². The number of aliphatic hydroxyl groups is 1. The van der Waals surface area contributed by atoms with Crippen LogP contribution in [-0.4, -0.2) is 28.5 Å². The van der Waals surface area contributed by atoms with Crippen LogP contribution in [-0.2, 0) is 0 Å². The van der Waals surface area contributed by atoms with E-state index in [1.165, 1.54) is 0 Å². The second-order valence-corrected chi connectivity index (χ2v) is 2.77. The Morgan fingerprint density at radius 2 is 2.31 bits per heavy atom. The summed E-state index contributed by atoms with van der Waals surface area (Å²) in [6, 6.07) is 0.931. The summed E-state index contributed by atoms with van der Waals surface area (Å²) in [4.78, 5) is 10.3. The summed E-state index contributed by atoms with van der Waals surface area (Å²) in [6.07, 6.45) is -0.310. The van der Waals surface area contributed by atoms with Gasteiger partial charge in [-0.2, -0.15) is 5.26 Å². The summed E-state index contributed by atoms with van der Waals surface area (Å²) in [7, 11) is 0. The van der Waals surface area contributed by atoms with Crippen LogP contribution in [0.3, 0.4) is 0 Å². The van der Waals surface area contributed by atoms with Crippen LogP contribution in [0, 0.1) is 11.3 Å². The first kappa shape index (κ1) is 11.7. The minimum absolute atomic E-state index is 0.484. The number of carboxylic acid groups (broad SMARTS) is 1. The van der Waals surface area contributed by atoms with Gasteiger partial charge in [0.2, 0.25) is 0 Å². The van der Waals surface area contributed by atoms with E-state index < -0.39 is 18.2 Å². The number of nitrogens with one attached hydrogen (secondary N) is 1. The quantitative estimate of drug-likeness (QED) is 0.551. The maximum atomic E-state index is 10.3. The van der Waals surface area contributed by atoms with Gasteiger partial charge < -0.3 is 15.5 Å². The van der Waals surface area contributed by atoms with Gasteiger partial charge in [-0.25, -0.2) is 4.79 Å². The highest BCUT2D eigenvalue weighted by Crippen LogP contribution is 2.04. The molecule has 2 atom stereocenters. The van der Waals surface area contributed by atoms with Crippen molar-refractivity contribution in [3.63, 3.8) is 0 Å². The first-order valence-corrected chi connectivity index (χ1v) is 4.19. The van der Waals surface area contributed by atoms with Crippen molar-refractivity contribution < 1.29 is 15.0 Å². The number of hydrogen-bond donors (Lipinski definition) is 3. The lowest BCUT2D eigenvalue weighted by Crippen LogP contribution is -2.42. The molecule has 0 rings (SSSR count). The van der Waals surface area contributed by atoms with Gasteiger partial charge in [-0.3, -0.25) is 0 Å². The summed E-state index contributed by atoms with van der Waals surface area (Å²) in [5.41, 5.74) is 0. The third-order valence-corrected chi connectivity index (χ3v) is 1.69. The number of hydrogen-bond acceptors (Lipinski definition) is 3. The topological polar surface area (TPSA) is 93.3 Å². The van der Waals surface area contributed by atoms with Gasteiger partial charge in [0, 0.05) is 0 Å². The molecule has 1 amide bonds. The molecule has 0 saturated heterocycles. The van der Waals surface area contributed by atoms with Crippen molar-refractivity contribution in [1.29, 1.82) is 5.26 Å². The Balaban J connectivity index is 4.03. The summed E-state index contributed by atoms with van der Waals surface area (Å²) in [5.74, 6) is 0. The van der Waals surface area contributed by atoms with Crippen LogP contribution in [0.4, 0.5) is 4.79 Å². The molecular weight excluding hydrogens is 172 g/mol. The number of amides is 1. The molecule has 0 aliphatic heterocycles. The van der Waals surface area contributed by atoms with E-state index in [9.17, 15) is 4.79 Å². The van der Waals surface area contributed by atoms with Crippen molar-refractivity contribution in [1.82, 2.24) is 5.32 Å². The van der Waals surface area contributed by atoms with Crippen molar-refractivity contribution in [2.24, 2.45) is 0 Å². The van der Waals surface area contributed by atoms with Crippen LogP contribution in [0.2, 0.25) is 0 Å². The maximum Gasteiger partial charge on any atom is 0.405 e. The molecule has 13 heavy (non-hydrogen) atoms. The summed E-state index contributed by atoms with van der Waals surface area (Å²) in [6.45, 7) is 1.95. The average Bonchev–Trinajstić information content (AvgIpc) is 2.10. The van der Waals surface area contributed by atoms with Crippen LogP contribution in [0.15, 0.2) is 0 Å². The smallest absolute Gasteiger partial charge is 0.405 e. The second kappa shape index (κ2) is 6.26. The van der Waals surface area contributed by atoms with Crippen LogP contribution in [0.1, 0.15) is 26.2 Å². The summed E-state index contributed by atoms with van der Waals surface area (Å²) in [5, 5.41) is 28.0. The Bertz CT molecular complexity index is 200. The highest BCUT2D eigenvalue weighted by molar-refractivity contribution is 5.65. The molecule has 0 aromatic heterocycles. The molecule has 5 nitrogen and oxygen atoms in total. The van der Waals surface area contributed by atoms with E-state index in [2.05, 4.69) is 5.32 Å². The van der Waals surface area contributed by atoms with E-state index in [0.29, 0.717) is 6.42 Å². The van der Waals surface area contributed by atoms with E-state index in [1.54, 1.807) is 6.07 Å². The van der Waals surface area contributed by atoms with Crippen LogP contribution >= 0.6 is 0 Å². The number of nitriles is 1. The fraction of sp³-hybridized carbons (Fsp3) is 0.750. The fourth-order valence-electron chi connectivity index (χ4n) is 0.982. The first-order valence-electron chi connectivity index (χ1n) is 4.19. The molecule has 0 radical (unpaired) electrons. The van der Waals surface area contributed by atoms with Gasteiger partial charge >= 0.3 is 6.09 Å². The highest BCUT2D eigenvalue weighted by atomic mass is 16.4. The molecule has 0 saturated carbocycles. The summed E-state index contributed by atoms with van der Waals surface area (Å²) >= 11 is 0. The SMILES string of the molecule is CCCC[C@H](NC(=O)O)[C@H](O)C#N. The second-order valence-electron chi connectivity index (χ2n) is 2.77. The third-order valence-electron chi connectivity index (χ3n) is 1.69. The normalized spacial score (nSPS) is 14.2. The Morgan fingerprint density at radius 3 is 2.69 bits per heavy atom. The van der Waals surface area contributed by atoms with Crippen LogP contribution in [0.25, 0.3) is 0 Å². The van der Waals surface area contributed by atoms with E-state index in [-0.39, 0.29) is 0 Å². The van der Waals surface area contributed by atoms with Crippen molar-refractivity contribution in [3.05, 3.63) is 0 Å². The van der Waals surface area contributed by atoms with Gasteiger partial charge in [-0.15, -0.1) is 0 Å². The van der Waals surface area contributed by atoms with Crippen molar-refractivity contribution >= 4 is 6.09 Å². The Labute approximate surface area is 77.0 Å². The van der Waals surface area contributed by atoms with Crippen molar-refractivity contribution in [2.45, 2.75) is 38.3 Å². The summed E-state index contributed by atoms with van der Waals surface area (Å²) < 4.78 is 0. The molecule has 0 bridgehead atoms. The Morgan fingerprint density at radius 1 is 1.69 bits per heavy atom. The molecule has 5 heteroatoms. The highest BCUT2D eigenvalue weighted by Gasteiger charge is 2.19. The van der Waals surface area contributed by atoms with Gasteiger partial charge in [0.05, 0.1) is 12.1 Å². The fourth-order valence-corrected chi connectivity index (χ4v) is 0.982. The number of carbonyl (C=O) groups is 1. The van der Waals surface area contributed by atoms with E-state index in [0.717, 1.165) is 12.8 Å². The average molecular weight is 186 g/mol. The number of unbranched alkanes of at least 4 members (excludes halogenated alkanes) is 1. The monoisotopic (exact) mass is 186 g/mol. The third kappa shape index (κ3) is 5.04. The molecule has 0 aromatic carbocycles. The lowest BCUT2D eigenvalue weighted by atomic mass is 10.1. The lowest BCUT2D eigenvalue weighted by molar-refractivity contribution is 0.150. The number of aliphatic hydroxyl groups excluding tert-OH is 1. The van der Waals surface area contributed by atoms with E-state index in [4.69, 9.17) is 15.5 Å². The Hall–Kier alpha value is -1.28. The predicted octanol–water partition coefficient (Wildman–Crippen LogP) is 0.697. The van der Waals surface area contributed by atoms with Crippen LogP contribution in [0.5, 0.6) is 0 Å². The van der Waals surface area contributed by atoms with Crippen molar-refractivity contribution in [3.8, 4) is 6.07 Å². The standard InChI is InChI=1S/C8H14N2O3/c1-2-3-4-6(7(11)5-9)10-8(12)13/h6-7,10-11H,2-4H2,1H3,(H,12,13)/t6-,7+/m0/s1. The van der Waals surface area contributed by atoms with Gasteiger partial charge in [-0.1, -0.05) is 19.8 Å². The van der Waals surface area contributed by atoms with Gasteiger partial charge in [0.25, 0.3) is 0 Å². The minimum atomic E-state index is -1.26. The zero-order chi connectivity index (χ0) is 10.3. The largest absolute Gasteiger partial charge is 0.465 e. The molecule has 0 spiro atoms. The van der Waals surface area contributed by atoms with Crippen molar-refractivity contribution in [2.75, 3.05) is 0 Å². The zero-order valence-electron chi connectivity index (χ0n) is 7.53. The Kier molecular flexibility index (Phi) is 5.64. The molecule has 0 unspecified atom stereocenters. The van der Waals surface area contributed by atoms with Gasteiger partial charge in [0.15, 0.2) is 6.10 Å². The molecule has 0 aromatic rings. The maximum absolute atomic E-state index is 10.3. The first-order chi connectivity index (χ1) is 6.11. The predicted molar refractivity (Wildman–Crippen MR) is 46.1 cm³/mol. The molecule has 0 heterocycles. The molecule has 0 fully saturated rings.